The summed E-state index contributed by atoms with van der Waals surface area (Å²) in [7, 11) is 1.65. The van der Waals surface area contributed by atoms with Crippen LogP contribution in [-0.4, -0.2) is 7.11 Å². The molecule has 0 aromatic heterocycles. The van der Waals surface area contributed by atoms with E-state index < -0.39 is 0 Å². The summed E-state index contributed by atoms with van der Waals surface area (Å²) in [5.41, 5.74) is 8.17. The summed E-state index contributed by atoms with van der Waals surface area (Å²) in [6.07, 6.45) is 0.964. The first kappa shape index (κ1) is 15.9. The zero-order valence-electron chi connectivity index (χ0n) is 12.5. The Bertz CT molecular complexity index is 626. The zero-order chi connectivity index (χ0) is 15.4. The highest BCUT2D eigenvalue weighted by molar-refractivity contribution is 9.10. The lowest BCUT2D eigenvalue weighted by atomic mass is 10.1. The van der Waals surface area contributed by atoms with Crippen LogP contribution in [0.15, 0.2) is 40.9 Å². The Labute approximate surface area is 134 Å². The average molecular weight is 350 g/mol. The van der Waals surface area contributed by atoms with E-state index in [0.29, 0.717) is 5.75 Å². The van der Waals surface area contributed by atoms with E-state index in [2.05, 4.69) is 22.9 Å². The van der Waals surface area contributed by atoms with Crippen LogP contribution in [0.3, 0.4) is 0 Å². The number of halogens is 1. The topological polar surface area (TPSA) is 44.5 Å². The highest BCUT2D eigenvalue weighted by atomic mass is 79.9. The maximum Gasteiger partial charge on any atom is 0.169 e. The van der Waals surface area contributed by atoms with Crippen LogP contribution in [0.5, 0.6) is 17.2 Å². The molecule has 0 amide bonds. The second-order valence-corrected chi connectivity index (χ2v) is 5.77. The number of benzene rings is 2. The van der Waals surface area contributed by atoms with Gasteiger partial charge < -0.3 is 15.2 Å². The van der Waals surface area contributed by atoms with Crippen molar-refractivity contribution in [1.82, 2.24) is 0 Å². The lowest BCUT2D eigenvalue weighted by molar-refractivity contribution is 0.378. The molecule has 0 aliphatic rings. The van der Waals surface area contributed by atoms with Crippen LogP contribution < -0.4 is 15.2 Å². The summed E-state index contributed by atoms with van der Waals surface area (Å²) in [4.78, 5) is 0. The van der Waals surface area contributed by atoms with Gasteiger partial charge in [0.15, 0.2) is 11.5 Å². The fourth-order valence-electron chi connectivity index (χ4n) is 2.08. The molecule has 0 bridgehead atoms. The van der Waals surface area contributed by atoms with Gasteiger partial charge in [-0.2, -0.15) is 0 Å². The van der Waals surface area contributed by atoms with E-state index in [1.807, 2.05) is 43.3 Å². The van der Waals surface area contributed by atoms with Crippen molar-refractivity contribution in [3.8, 4) is 17.2 Å². The van der Waals surface area contributed by atoms with Gasteiger partial charge in [-0.05, 0) is 48.7 Å². The molecule has 2 aromatic rings. The molecule has 4 heteroatoms. The van der Waals surface area contributed by atoms with Gasteiger partial charge in [-0.25, -0.2) is 0 Å². The largest absolute Gasteiger partial charge is 0.493 e. The third-order valence-electron chi connectivity index (χ3n) is 3.33. The standard InChI is InChI=1S/C17H20BrNO2/c1-4-12-5-8-16(17(9-12)20-3)21-13-6-7-14(11(2)19)15(18)10-13/h5-11H,4,19H2,1-3H3/t11-/m1/s1. The summed E-state index contributed by atoms with van der Waals surface area (Å²) < 4.78 is 12.3. The normalized spacial score (nSPS) is 12.0. The Kier molecular flexibility index (Phi) is 5.26. The van der Waals surface area contributed by atoms with Gasteiger partial charge in [-0.3, -0.25) is 0 Å². The van der Waals surface area contributed by atoms with Gasteiger partial charge in [-0.15, -0.1) is 0 Å². The van der Waals surface area contributed by atoms with Crippen LogP contribution in [0, 0.1) is 0 Å². The number of rotatable bonds is 5. The van der Waals surface area contributed by atoms with E-state index in [1.54, 1.807) is 7.11 Å². The van der Waals surface area contributed by atoms with Crippen molar-refractivity contribution in [2.45, 2.75) is 26.3 Å². The molecule has 0 saturated carbocycles. The molecule has 2 aromatic carbocycles. The van der Waals surface area contributed by atoms with Crippen molar-refractivity contribution in [3.63, 3.8) is 0 Å². The maximum atomic E-state index is 5.92. The van der Waals surface area contributed by atoms with Gasteiger partial charge in [0, 0.05) is 10.5 Å². The van der Waals surface area contributed by atoms with Crippen molar-refractivity contribution in [1.29, 1.82) is 0 Å². The Morgan fingerprint density at radius 2 is 1.90 bits per heavy atom. The van der Waals surface area contributed by atoms with Gasteiger partial charge in [0.05, 0.1) is 7.11 Å². The molecule has 21 heavy (non-hydrogen) atoms. The van der Waals surface area contributed by atoms with Crippen molar-refractivity contribution in [2.75, 3.05) is 7.11 Å². The molecule has 0 unspecified atom stereocenters. The van der Waals surface area contributed by atoms with Crippen LogP contribution in [0.4, 0.5) is 0 Å². The van der Waals surface area contributed by atoms with Crippen LogP contribution in [-0.2, 0) is 6.42 Å². The molecule has 1 atom stereocenters. The van der Waals surface area contributed by atoms with Crippen LogP contribution >= 0.6 is 15.9 Å². The SMILES string of the molecule is CCc1ccc(Oc2ccc([C@@H](C)N)c(Br)c2)c(OC)c1. The second kappa shape index (κ2) is 6.96. The van der Waals surface area contributed by atoms with Gasteiger partial charge in [0.2, 0.25) is 0 Å². The van der Waals surface area contributed by atoms with E-state index >= 15 is 0 Å². The van der Waals surface area contributed by atoms with Gasteiger partial charge in [-0.1, -0.05) is 35.0 Å². The Morgan fingerprint density at radius 1 is 1.14 bits per heavy atom. The van der Waals surface area contributed by atoms with Crippen LogP contribution in [0.25, 0.3) is 0 Å². The van der Waals surface area contributed by atoms with E-state index in [4.69, 9.17) is 15.2 Å². The molecule has 2 rings (SSSR count). The number of aryl methyl sites for hydroxylation is 1. The quantitative estimate of drug-likeness (QED) is 0.840. The third-order valence-corrected chi connectivity index (χ3v) is 4.01. The van der Waals surface area contributed by atoms with Crippen molar-refractivity contribution in [2.24, 2.45) is 5.73 Å². The van der Waals surface area contributed by atoms with Gasteiger partial charge in [0.1, 0.15) is 5.75 Å². The molecule has 0 aliphatic heterocycles. The highest BCUT2D eigenvalue weighted by Gasteiger charge is 2.10. The fraction of sp³-hybridized carbons (Fsp3) is 0.294. The minimum Gasteiger partial charge on any atom is -0.493 e. The van der Waals surface area contributed by atoms with E-state index in [0.717, 1.165) is 28.0 Å². The first-order chi connectivity index (χ1) is 10.0. The lowest BCUT2D eigenvalue weighted by Crippen LogP contribution is -2.05. The molecule has 3 nitrogen and oxygen atoms in total. The lowest BCUT2D eigenvalue weighted by Gasteiger charge is -2.14. The number of methoxy groups -OCH3 is 1. The van der Waals surface area contributed by atoms with Crippen LogP contribution in [0.2, 0.25) is 0 Å². The zero-order valence-corrected chi connectivity index (χ0v) is 14.1. The van der Waals surface area contributed by atoms with Gasteiger partial charge in [0.25, 0.3) is 0 Å². The van der Waals surface area contributed by atoms with E-state index in [-0.39, 0.29) is 6.04 Å². The number of nitrogens with two attached hydrogens (primary N) is 1. The Morgan fingerprint density at radius 3 is 2.48 bits per heavy atom. The molecular weight excluding hydrogens is 330 g/mol. The number of hydrogen-bond acceptors (Lipinski definition) is 3. The monoisotopic (exact) mass is 349 g/mol. The number of hydrogen-bond donors (Lipinski definition) is 1. The molecule has 0 aliphatic carbocycles. The Balaban J connectivity index is 2.28. The van der Waals surface area contributed by atoms with Crippen molar-refractivity contribution < 1.29 is 9.47 Å². The summed E-state index contributed by atoms with van der Waals surface area (Å²) in [5.74, 6) is 2.19. The summed E-state index contributed by atoms with van der Waals surface area (Å²) in [6.45, 7) is 4.06. The molecular formula is C17H20BrNO2. The van der Waals surface area contributed by atoms with E-state index in [9.17, 15) is 0 Å². The average Bonchev–Trinajstić information content (AvgIpc) is 2.47. The minimum absolute atomic E-state index is 0.0215. The molecule has 0 saturated heterocycles. The van der Waals surface area contributed by atoms with Gasteiger partial charge >= 0.3 is 0 Å². The summed E-state index contributed by atoms with van der Waals surface area (Å²) in [5, 5.41) is 0. The van der Waals surface area contributed by atoms with Crippen molar-refractivity contribution >= 4 is 15.9 Å². The highest BCUT2D eigenvalue weighted by Crippen LogP contribution is 2.34. The predicted octanol–water partition coefficient (Wildman–Crippen LogP) is 4.83. The smallest absolute Gasteiger partial charge is 0.169 e. The van der Waals surface area contributed by atoms with E-state index in [1.165, 1.54) is 5.56 Å². The third kappa shape index (κ3) is 3.77. The molecule has 2 N–H and O–H groups in total. The molecule has 112 valence electrons. The summed E-state index contributed by atoms with van der Waals surface area (Å²) in [6, 6.07) is 11.8. The second-order valence-electron chi connectivity index (χ2n) is 4.91. The molecule has 0 radical (unpaired) electrons. The number of ether oxygens (including phenoxy) is 2. The molecule has 0 heterocycles. The van der Waals surface area contributed by atoms with Crippen molar-refractivity contribution in [3.05, 3.63) is 52.0 Å². The Hall–Kier alpha value is -1.52. The fourth-order valence-corrected chi connectivity index (χ4v) is 2.80. The first-order valence-corrected chi connectivity index (χ1v) is 7.74. The summed E-state index contributed by atoms with van der Waals surface area (Å²) >= 11 is 3.53. The maximum absolute atomic E-state index is 5.92. The minimum atomic E-state index is -0.0215. The van der Waals surface area contributed by atoms with Crippen LogP contribution in [0.1, 0.15) is 31.0 Å². The first-order valence-electron chi connectivity index (χ1n) is 6.95. The molecule has 0 spiro atoms. The molecule has 0 fully saturated rings. The predicted molar refractivity (Wildman–Crippen MR) is 89.2 cm³/mol.